The Labute approximate surface area is 103 Å². The molecule has 1 heterocycles. The molecule has 2 N–H and O–H groups in total. The average molecular weight is 249 g/mol. The maximum absolute atomic E-state index is 12.9. The van der Waals surface area contributed by atoms with Crippen LogP contribution >= 0.6 is 0 Å². The van der Waals surface area contributed by atoms with Crippen molar-refractivity contribution in [1.29, 1.82) is 0 Å². The third-order valence-corrected chi connectivity index (χ3v) is 2.17. The highest BCUT2D eigenvalue weighted by atomic mass is 19.1. The number of hydrogen-bond acceptors (Lipinski definition) is 4. The molecule has 1 amide bonds. The van der Waals surface area contributed by atoms with Gasteiger partial charge < -0.3 is 15.2 Å². The molecule has 1 aromatic heterocycles. The molecule has 0 spiro atoms. The van der Waals surface area contributed by atoms with E-state index >= 15 is 0 Å². The van der Waals surface area contributed by atoms with Crippen LogP contribution in [-0.2, 0) is 4.79 Å². The maximum Gasteiger partial charge on any atom is 0.244 e. The number of benzene rings is 1. The quantitative estimate of drug-likeness (QED) is 0.871. The molecule has 0 aliphatic carbocycles. The fourth-order valence-corrected chi connectivity index (χ4v) is 1.39. The van der Waals surface area contributed by atoms with Gasteiger partial charge in [0.1, 0.15) is 11.6 Å². The second-order valence-electron chi connectivity index (χ2n) is 3.73. The Hall–Kier alpha value is -2.37. The standard InChI is InChI=1S/C12H12FN3O2/c1-8-5-11(16-18-8)15-12(17)7-14-10-4-2-3-9(13)6-10/h2-6,14H,7H2,1H3,(H,15,16,17). The SMILES string of the molecule is Cc1cc(NC(=O)CNc2cccc(F)c2)no1. The van der Waals surface area contributed by atoms with E-state index in [1.807, 2.05) is 0 Å². The zero-order valence-electron chi connectivity index (χ0n) is 9.74. The summed E-state index contributed by atoms with van der Waals surface area (Å²) in [6.07, 6.45) is 0. The molecule has 6 heteroatoms. The lowest BCUT2D eigenvalue weighted by Crippen LogP contribution is -2.21. The van der Waals surface area contributed by atoms with Gasteiger partial charge in [-0.05, 0) is 25.1 Å². The topological polar surface area (TPSA) is 67.2 Å². The minimum Gasteiger partial charge on any atom is -0.376 e. The van der Waals surface area contributed by atoms with Crippen molar-refractivity contribution in [2.24, 2.45) is 0 Å². The smallest absolute Gasteiger partial charge is 0.244 e. The van der Waals surface area contributed by atoms with Gasteiger partial charge in [0.05, 0.1) is 6.54 Å². The van der Waals surface area contributed by atoms with Crippen molar-refractivity contribution in [1.82, 2.24) is 5.16 Å². The van der Waals surface area contributed by atoms with Gasteiger partial charge in [-0.1, -0.05) is 11.2 Å². The number of carbonyl (C=O) groups excluding carboxylic acids is 1. The minimum absolute atomic E-state index is 0.0232. The van der Waals surface area contributed by atoms with Crippen molar-refractivity contribution in [2.75, 3.05) is 17.2 Å². The number of aryl methyl sites for hydroxylation is 1. The van der Waals surface area contributed by atoms with Crippen LogP contribution < -0.4 is 10.6 Å². The second kappa shape index (κ2) is 5.31. The van der Waals surface area contributed by atoms with Crippen LogP contribution in [-0.4, -0.2) is 17.6 Å². The lowest BCUT2D eigenvalue weighted by molar-refractivity contribution is -0.114. The fourth-order valence-electron chi connectivity index (χ4n) is 1.39. The summed E-state index contributed by atoms with van der Waals surface area (Å²) >= 11 is 0. The van der Waals surface area contributed by atoms with Crippen molar-refractivity contribution in [2.45, 2.75) is 6.92 Å². The van der Waals surface area contributed by atoms with Crippen LogP contribution in [0.2, 0.25) is 0 Å². The number of hydrogen-bond donors (Lipinski definition) is 2. The molecule has 2 aromatic rings. The predicted molar refractivity (Wildman–Crippen MR) is 64.8 cm³/mol. The number of nitrogens with zero attached hydrogens (tertiary/aromatic N) is 1. The van der Waals surface area contributed by atoms with Gasteiger partial charge in [-0.15, -0.1) is 0 Å². The molecule has 0 unspecified atom stereocenters. The highest BCUT2D eigenvalue weighted by Gasteiger charge is 2.05. The Kier molecular flexibility index (Phi) is 3.57. The lowest BCUT2D eigenvalue weighted by atomic mass is 10.3. The van der Waals surface area contributed by atoms with E-state index in [-0.39, 0.29) is 18.3 Å². The zero-order valence-corrected chi connectivity index (χ0v) is 9.74. The number of nitrogens with one attached hydrogen (secondary N) is 2. The summed E-state index contributed by atoms with van der Waals surface area (Å²) in [6.45, 7) is 1.75. The molecule has 0 atom stereocenters. The summed E-state index contributed by atoms with van der Waals surface area (Å²) < 4.78 is 17.7. The van der Waals surface area contributed by atoms with E-state index in [9.17, 15) is 9.18 Å². The number of anilines is 2. The van der Waals surface area contributed by atoms with Crippen LogP contribution in [0.1, 0.15) is 5.76 Å². The first-order chi connectivity index (χ1) is 8.63. The van der Waals surface area contributed by atoms with Gasteiger partial charge in [0, 0.05) is 11.8 Å². The van der Waals surface area contributed by atoms with Crippen molar-refractivity contribution in [3.63, 3.8) is 0 Å². The molecule has 1 aromatic carbocycles. The summed E-state index contributed by atoms with van der Waals surface area (Å²) in [6, 6.07) is 7.50. The van der Waals surface area contributed by atoms with Crippen molar-refractivity contribution >= 4 is 17.4 Å². The molecule has 0 saturated carbocycles. The summed E-state index contributed by atoms with van der Waals surface area (Å²) in [5, 5.41) is 8.98. The van der Waals surface area contributed by atoms with E-state index in [0.29, 0.717) is 17.3 Å². The zero-order chi connectivity index (χ0) is 13.0. The van der Waals surface area contributed by atoms with E-state index in [1.54, 1.807) is 25.1 Å². The monoisotopic (exact) mass is 249 g/mol. The van der Waals surface area contributed by atoms with Gasteiger partial charge in [-0.25, -0.2) is 4.39 Å². The van der Waals surface area contributed by atoms with Crippen LogP contribution in [0.3, 0.4) is 0 Å². The summed E-state index contributed by atoms with van der Waals surface area (Å²) in [5.41, 5.74) is 0.543. The maximum atomic E-state index is 12.9. The van der Waals surface area contributed by atoms with E-state index in [0.717, 1.165) is 0 Å². The Balaban J connectivity index is 1.85. The molecule has 0 aliphatic rings. The minimum atomic E-state index is -0.354. The normalized spacial score (nSPS) is 10.1. The predicted octanol–water partition coefficient (Wildman–Crippen LogP) is 2.17. The second-order valence-corrected chi connectivity index (χ2v) is 3.73. The Morgan fingerprint density at radius 3 is 2.94 bits per heavy atom. The third-order valence-electron chi connectivity index (χ3n) is 2.17. The van der Waals surface area contributed by atoms with Crippen molar-refractivity contribution in [3.05, 3.63) is 41.9 Å². The van der Waals surface area contributed by atoms with Crippen LogP contribution in [0, 0.1) is 12.7 Å². The highest BCUT2D eigenvalue weighted by molar-refractivity contribution is 5.92. The van der Waals surface area contributed by atoms with E-state index in [2.05, 4.69) is 15.8 Å². The molecular weight excluding hydrogens is 237 g/mol. The molecule has 0 saturated heterocycles. The third kappa shape index (κ3) is 3.31. The molecule has 18 heavy (non-hydrogen) atoms. The van der Waals surface area contributed by atoms with Gasteiger partial charge in [-0.2, -0.15) is 0 Å². The Morgan fingerprint density at radius 2 is 2.28 bits per heavy atom. The first-order valence-electron chi connectivity index (χ1n) is 5.36. The van der Waals surface area contributed by atoms with Crippen molar-refractivity contribution in [3.8, 4) is 0 Å². The molecular formula is C12H12FN3O2. The fraction of sp³-hybridized carbons (Fsp3) is 0.167. The molecule has 0 bridgehead atoms. The van der Waals surface area contributed by atoms with Gasteiger partial charge in [0.2, 0.25) is 5.91 Å². The van der Waals surface area contributed by atoms with Gasteiger partial charge in [-0.3, -0.25) is 4.79 Å². The summed E-state index contributed by atoms with van der Waals surface area (Å²) in [4.78, 5) is 11.5. The molecule has 0 fully saturated rings. The lowest BCUT2D eigenvalue weighted by Gasteiger charge is -2.05. The molecule has 0 radical (unpaired) electrons. The number of carbonyl (C=O) groups is 1. The van der Waals surface area contributed by atoms with E-state index < -0.39 is 0 Å². The Morgan fingerprint density at radius 1 is 1.44 bits per heavy atom. The first kappa shape index (κ1) is 12.1. The van der Waals surface area contributed by atoms with Crippen LogP contribution in [0.15, 0.2) is 34.9 Å². The molecule has 94 valence electrons. The van der Waals surface area contributed by atoms with Crippen LogP contribution in [0.25, 0.3) is 0 Å². The van der Waals surface area contributed by atoms with Gasteiger partial charge in [0.15, 0.2) is 5.82 Å². The number of rotatable bonds is 4. The van der Waals surface area contributed by atoms with Crippen LogP contribution in [0.5, 0.6) is 0 Å². The van der Waals surface area contributed by atoms with E-state index in [4.69, 9.17) is 4.52 Å². The Bertz CT molecular complexity index is 554. The largest absolute Gasteiger partial charge is 0.376 e. The van der Waals surface area contributed by atoms with E-state index in [1.165, 1.54) is 12.1 Å². The van der Waals surface area contributed by atoms with Gasteiger partial charge in [0.25, 0.3) is 0 Å². The summed E-state index contributed by atoms with van der Waals surface area (Å²) in [5.74, 6) is 0.335. The van der Waals surface area contributed by atoms with Crippen molar-refractivity contribution < 1.29 is 13.7 Å². The highest BCUT2D eigenvalue weighted by Crippen LogP contribution is 2.09. The van der Waals surface area contributed by atoms with Gasteiger partial charge >= 0.3 is 0 Å². The molecule has 0 aliphatic heterocycles. The first-order valence-corrected chi connectivity index (χ1v) is 5.36. The van der Waals surface area contributed by atoms with Crippen LogP contribution in [0.4, 0.5) is 15.9 Å². The number of aromatic nitrogens is 1. The summed E-state index contributed by atoms with van der Waals surface area (Å²) in [7, 11) is 0. The molecule has 5 nitrogen and oxygen atoms in total. The molecule has 2 rings (SSSR count). The number of halogens is 1. The average Bonchev–Trinajstić information content (AvgIpc) is 2.72. The number of amides is 1.